The van der Waals surface area contributed by atoms with Crippen molar-refractivity contribution in [3.8, 4) is 0 Å². The molecule has 2 rings (SSSR count). The maximum absolute atomic E-state index is 12.4. The Labute approximate surface area is 173 Å². The zero-order valence-electron chi connectivity index (χ0n) is 17.6. The van der Waals surface area contributed by atoms with Gasteiger partial charge >= 0.3 is 11.9 Å². The lowest BCUT2D eigenvalue weighted by Gasteiger charge is -2.18. The summed E-state index contributed by atoms with van der Waals surface area (Å²) in [6.07, 6.45) is 0.810. The van der Waals surface area contributed by atoms with Gasteiger partial charge in [0, 0.05) is 0 Å². The molecular formula is C24H30O5. The van der Waals surface area contributed by atoms with Gasteiger partial charge in [-0.25, -0.2) is 9.59 Å². The fourth-order valence-electron chi connectivity index (χ4n) is 2.95. The van der Waals surface area contributed by atoms with Gasteiger partial charge in [-0.15, -0.1) is 0 Å². The second kappa shape index (κ2) is 11.4. The van der Waals surface area contributed by atoms with Gasteiger partial charge in [0.05, 0.1) is 23.8 Å². The van der Waals surface area contributed by atoms with Crippen LogP contribution < -0.4 is 0 Å². The molecule has 0 heterocycles. The predicted molar refractivity (Wildman–Crippen MR) is 112 cm³/mol. The van der Waals surface area contributed by atoms with E-state index in [1.165, 1.54) is 0 Å². The van der Waals surface area contributed by atoms with Crippen LogP contribution in [0.3, 0.4) is 0 Å². The summed E-state index contributed by atoms with van der Waals surface area (Å²) in [7, 11) is 0. The van der Waals surface area contributed by atoms with E-state index in [4.69, 9.17) is 14.2 Å². The lowest BCUT2D eigenvalue weighted by Crippen LogP contribution is -2.26. The van der Waals surface area contributed by atoms with Gasteiger partial charge in [-0.3, -0.25) is 0 Å². The van der Waals surface area contributed by atoms with E-state index in [2.05, 4.69) is 0 Å². The van der Waals surface area contributed by atoms with Crippen molar-refractivity contribution in [1.82, 2.24) is 0 Å². The number of benzene rings is 2. The number of hydrogen-bond donors (Lipinski definition) is 0. The van der Waals surface area contributed by atoms with Crippen molar-refractivity contribution in [2.45, 2.75) is 52.7 Å². The van der Waals surface area contributed by atoms with Crippen LogP contribution >= 0.6 is 0 Å². The van der Waals surface area contributed by atoms with Crippen molar-refractivity contribution >= 4 is 11.9 Å². The van der Waals surface area contributed by atoms with Crippen LogP contribution in [0.4, 0.5) is 0 Å². The first-order valence-electron chi connectivity index (χ1n) is 10.1. The minimum Gasteiger partial charge on any atom is -0.459 e. The number of aryl methyl sites for hydroxylation is 2. The van der Waals surface area contributed by atoms with Crippen molar-refractivity contribution in [3.63, 3.8) is 0 Å². The Morgan fingerprint density at radius 3 is 1.83 bits per heavy atom. The van der Waals surface area contributed by atoms with E-state index in [1.54, 1.807) is 19.1 Å². The van der Waals surface area contributed by atoms with Crippen LogP contribution in [0.25, 0.3) is 0 Å². The summed E-state index contributed by atoms with van der Waals surface area (Å²) in [5, 5.41) is 0. The molecule has 29 heavy (non-hydrogen) atoms. The van der Waals surface area contributed by atoms with Crippen molar-refractivity contribution in [2.24, 2.45) is 0 Å². The molecule has 5 nitrogen and oxygen atoms in total. The van der Waals surface area contributed by atoms with E-state index in [0.29, 0.717) is 11.1 Å². The molecule has 0 radical (unpaired) electrons. The predicted octanol–water partition coefficient (Wildman–Crippen LogP) is 4.62. The molecule has 0 aliphatic rings. The normalized spacial score (nSPS) is 12.8. The van der Waals surface area contributed by atoms with Gasteiger partial charge in [-0.05, 0) is 49.9 Å². The Morgan fingerprint density at radius 2 is 1.28 bits per heavy atom. The highest BCUT2D eigenvalue weighted by Crippen LogP contribution is 2.13. The van der Waals surface area contributed by atoms with Crippen LogP contribution in [0.2, 0.25) is 0 Å². The van der Waals surface area contributed by atoms with E-state index >= 15 is 0 Å². The van der Waals surface area contributed by atoms with Gasteiger partial charge in [0.25, 0.3) is 0 Å². The third-order valence-corrected chi connectivity index (χ3v) is 4.61. The molecule has 0 aliphatic carbocycles. The number of ether oxygens (including phenoxy) is 3. The summed E-state index contributed by atoms with van der Waals surface area (Å²) in [6.45, 7) is 7.96. The van der Waals surface area contributed by atoms with Crippen LogP contribution in [-0.2, 0) is 27.1 Å². The van der Waals surface area contributed by atoms with Crippen LogP contribution in [0, 0.1) is 0 Å². The van der Waals surface area contributed by atoms with Crippen LogP contribution in [0.5, 0.6) is 0 Å². The number of carbonyl (C=O) groups is 2. The lowest BCUT2D eigenvalue weighted by atomic mass is 10.1. The van der Waals surface area contributed by atoms with Crippen LogP contribution in [-0.4, -0.2) is 37.4 Å². The number of rotatable bonds is 10. The SMILES string of the molecule is CCc1ccccc1C(=O)OCC(C)OCC(C)OC(=O)c1ccccc1CC. The molecule has 0 saturated heterocycles. The second-order valence-electron chi connectivity index (χ2n) is 6.98. The zero-order chi connectivity index (χ0) is 21.2. The summed E-state index contributed by atoms with van der Waals surface area (Å²) in [5.74, 6) is -0.706. The van der Waals surface area contributed by atoms with Gasteiger partial charge in [-0.2, -0.15) is 0 Å². The smallest absolute Gasteiger partial charge is 0.338 e. The first kappa shape index (κ1) is 22.6. The van der Waals surface area contributed by atoms with Gasteiger partial charge in [-0.1, -0.05) is 50.2 Å². The highest BCUT2D eigenvalue weighted by molar-refractivity contribution is 5.91. The van der Waals surface area contributed by atoms with Crippen molar-refractivity contribution in [3.05, 3.63) is 70.8 Å². The summed E-state index contributed by atoms with van der Waals surface area (Å²) >= 11 is 0. The molecule has 0 aromatic heterocycles. The van der Waals surface area contributed by atoms with E-state index in [1.807, 2.05) is 57.2 Å². The number of carbonyl (C=O) groups excluding carboxylic acids is 2. The quantitative estimate of drug-likeness (QED) is 0.547. The second-order valence-corrected chi connectivity index (χ2v) is 6.98. The minimum atomic E-state index is -0.411. The zero-order valence-corrected chi connectivity index (χ0v) is 17.6. The van der Waals surface area contributed by atoms with Crippen molar-refractivity contribution in [2.75, 3.05) is 13.2 Å². The topological polar surface area (TPSA) is 61.8 Å². The lowest BCUT2D eigenvalue weighted by molar-refractivity contribution is -0.0380. The van der Waals surface area contributed by atoms with Crippen molar-refractivity contribution in [1.29, 1.82) is 0 Å². The van der Waals surface area contributed by atoms with Gasteiger partial charge in [0.15, 0.2) is 0 Å². The monoisotopic (exact) mass is 398 g/mol. The van der Waals surface area contributed by atoms with E-state index < -0.39 is 6.10 Å². The molecule has 0 spiro atoms. The van der Waals surface area contributed by atoms with E-state index in [-0.39, 0.29) is 31.3 Å². The Hall–Kier alpha value is -2.66. The van der Waals surface area contributed by atoms with Gasteiger partial charge in [0.1, 0.15) is 12.7 Å². The van der Waals surface area contributed by atoms with Crippen LogP contribution in [0.15, 0.2) is 48.5 Å². The Kier molecular flexibility index (Phi) is 8.87. The third-order valence-electron chi connectivity index (χ3n) is 4.61. The first-order valence-corrected chi connectivity index (χ1v) is 10.1. The average Bonchev–Trinajstić information content (AvgIpc) is 2.75. The summed E-state index contributed by atoms with van der Waals surface area (Å²) in [4.78, 5) is 24.6. The highest BCUT2D eigenvalue weighted by Gasteiger charge is 2.17. The minimum absolute atomic E-state index is 0.135. The van der Waals surface area contributed by atoms with Gasteiger partial charge < -0.3 is 14.2 Å². The standard InChI is InChI=1S/C24H30O5/c1-5-19-11-7-9-13-21(19)23(25)28-15-17(3)27-16-18(4)29-24(26)22-14-10-8-12-20(22)6-2/h7-14,17-18H,5-6,15-16H2,1-4H3. The molecule has 0 amide bonds. The Bertz CT molecular complexity index is 814. The largest absolute Gasteiger partial charge is 0.459 e. The fourth-order valence-corrected chi connectivity index (χ4v) is 2.95. The Balaban J connectivity index is 1.77. The van der Waals surface area contributed by atoms with Crippen molar-refractivity contribution < 1.29 is 23.8 Å². The summed E-state index contributed by atoms with van der Waals surface area (Å²) in [6, 6.07) is 14.8. The fraction of sp³-hybridized carbons (Fsp3) is 0.417. The summed E-state index contributed by atoms with van der Waals surface area (Å²) in [5.41, 5.74) is 3.08. The molecule has 5 heteroatoms. The maximum atomic E-state index is 12.4. The highest BCUT2D eigenvalue weighted by atomic mass is 16.6. The number of hydrogen-bond acceptors (Lipinski definition) is 5. The third kappa shape index (κ3) is 6.71. The van der Waals surface area contributed by atoms with Gasteiger partial charge in [0.2, 0.25) is 0 Å². The molecule has 0 N–H and O–H groups in total. The molecule has 0 saturated carbocycles. The Morgan fingerprint density at radius 1 is 0.759 bits per heavy atom. The molecule has 0 bridgehead atoms. The molecule has 156 valence electrons. The number of esters is 2. The molecule has 2 atom stereocenters. The van der Waals surface area contributed by atoms with E-state index in [9.17, 15) is 9.59 Å². The molecular weight excluding hydrogens is 368 g/mol. The summed E-state index contributed by atoms with van der Waals surface area (Å²) < 4.78 is 16.5. The first-order chi connectivity index (χ1) is 14.0. The molecule has 2 aromatic carbocycles. The van der Waals surface area contributed by atoms with E-state index in [0.717, 1.165) is 24.0 Å². The maximum Gasteiger partial charge on any atom is 0.338 e. The van der Waals surface area contributed by atoms with Crippen LogP contribution in [0.1, 0.15) is 59.5 Å². The average molecular weight is 398 g/mol. The molecule has 2 aromatic rings. The molecule has 0 aliphatic heterocycles. The molecule has 2 unspecified atom stereocenters. The molecule has 0 fully saturated rings.